The number of aromatic nitrogens is 4. The van der Waals surface area contributed by atoms with Gasteiger partial charge < -0.3 is 9.47 Å². The van der Waals surface area contributed by atoms with Crippen molar-refractivity contribution < 1.29 is 4.79 Å². The number of benzene rings is 1. The number of aryl methyl sites for hydroxylation is 1. The molecule has 134 valence electrons. The zero-order chi connectivity index (χ0) is 17.9. The molecule has 0 unspecified atom stereocenters. The van der Waals surface area contributed by atoms with Gasteiger partial charge in [-0.1, -0.05) is 18.9 Å². The van der Waals surface area contributed by atoms with Crippen LogP contribution in [0.15, 0.2) is 55.2 Å². The Morgan fingerprint density at radius 2 is 2.08 bits per heavy atom. The highest BCUT2D eigenvalue weighted by atomic mass is 16.2. The van der Waals surface area contributed by atoms with Crippen LogP contribution in [0.2, 0.25) is 0 Å². The maximum atomic E-state index is 13.4. The third kappa shape index (κ3) is 3.14. The number of hydrogen-bond acceptors (Lipinski definition) is 3. The molecule has 0 radical (unpaired) electrons. The summed E-state index contributed by atoms with van der Waals surface area (Å²) in [5, 5.41) is 4.16. The first-order valence-electron chi connectivity index (χ1n) is 9.11. The minimum Gasteiger partial charge on any atom is -0.353 e. The van der Waals surface area contributed by atoms with Crippen molar-refractivity contribution in [1.29, 1.82) is 0 Å². The van der Waals surface area contributed by atoms with Crippen molar-refractivity contribution in [3.63, 3.8) is 0 Å². The SMILES string of the molecule is Cn1cccc1[C@@H]1CCCCCN1C(=O)c1cccc(-n2cncn2)c1. The predicted molar refractivity (Wildman–Crippen MR) is 99.0 cm³/mol. The van der Waals surface area contributed by atoms with E-state index >= 15 is 0 Å². The van der Waals surface area contributed by atoms with Gasteiger partial charge in [0.25, 0.3) is 5.91 Å². The van der Waals surface area contributed by atoms with Gasteiger partial charge in [-0.05, 0) is 43.2 Å². The van der Waals surface area contributed by atoms with Crippen LogP contribution in [-0.4, -0.2) is 36.7 Å². The number of likely N-dealkylation sites (tertiary alicyclic amines) is 1. The van der Waals surface area contributed by atoms with Gasteiger partial charge in [-0.15, -0.1) is 0 Å². The zero-order valence-corrected chi connectivity index (χ0v) is 15.0. The molecular formula is C20H23N5O. The Labute approximate surface area is 153 Å². The first kappa shape index (κ1) is 16.6. The van der Waals surface area contributed by atoms with Gasteiger partial charge >= 0.3 is 0 Å². The van der Waals surface area contributed by atoms with Crippen LogP contribution in [0.25, 0.3) is 5.69 Å². The Morgan fingerprint density at radius 1 is 1.15 bits per heavy atom. The number of nitrogens with zero attached hydrogens (tertiary/aromatic N) is 5. The number of hydrogen-bond donors (Lipinski definition) is 0. The van der Waals surface area contributed by atoms with Crippen LogP contribution in [0.3, 0.4) is 0 Å². The molecule has 2 aromatic heterocycles. The number of amides is 1. The van der Waals surface area contributed by atoms with Crippen LogP contribution >= 0.6 is 0 Å². The van der Waals surface area contributed by atoms with Crippen LogP contribution in [0.5, 0.6) is 0 Å². The average Bonchev–Trinajstić information content (AvgIpc) is 3.29. The van der Waals surface area contributed by atoms with Gasteiger partial charge in [0.05, 0.1) is 11.7 Å². The molecule has 1 aromatic carbocycles. The minimum absolute atomic E-state index is 0.0834. The maximum absolute atomic E-state index is 13.4. The molecule has 6 heteroatoms. The molecule has 1 atom stereocenters. The quantitative estimate of drug-likeness (QED) is 0.728. The zero-order valence-electron chi connectivity index (χ0n) is 15.0. The van der Waals surface area contributed by atoms with Crippen LogP contribution in [0.4, 0.5) is 0 Å². The molecular weight excluding hydrogens is 326 g/mol. The highest BCUT2D eigenvalue weighted by Gasteiger charge is 2.29. The predicted octanol–water partition coefficient (Wildman–Crippen LogP) is 3.36. The molecule has 0 bridgehead atoms. The number of rotatable bonds is 3. The summed E-state index contributed by atoms with van der Waals surface area (Å²) in [6.07, 6.45) is 9.56. The summed E-state index contributed by atoms with van der Waals surface area (Å²) >= 11 is 0. The standard InChI is InChI=1S/C20H23N5O/c1-23-11-6-10-18(23)19-9-3-2-4-12-24(19)20(26)16-7-5-8-17(13-16)25-15-21-14-22-25/h5-8,10-11,13-15,19H,2-4,9,12H2,1H3/t19-/m0/s1. The summed E-state index contributed by atoms with van der Waals surface area (Å²) in [5.74, 6) is 0.0834. The Bertz CT molecular complexity index is 883. The Hall–Kier alpha value is -2.89. The molecule has 0 N–H and O–H groups in total. The lowest BCUT2D eigenvalue weighted by molar-refractivity contribution is 0.0674. The molecule has 1 saturated heterocycles. The van der Waals surface area contributed by atoms with Crippen LogP contribution in [-0.2, 0) is 7.05 Å². The van der Waals surface area contributed by atoms with Crippen molar-refractivity contribution in [1.82, 2.24) is 24.2 Å². The van der Waals surface area contributed by atoms with Gasteiger partial charge in [0.15, 0.2) is 0 Å². The van der Waals surface area contributed by atoms with Crippen molar-refractivity contribution in [2.24, 2.45) is 7.05 Å². The fraction of sp³-hybridized carbons (Fsp3) is 0.350. The molecule has 1 aliphatic rings. The van der Waals surface area contributed by atoms with Crippen molar-refractivity contribution >= 4 is 5.91 Å². The van der Waals surface area contributed by atoms with E-state index in [9.17, 15) is 4.79 Å². The van der Waals surface area contributed by atoms with E-state index in [1.54, 1.807) is 11.0 Å². The molecule has 3 aromatic rings. The molecule has 0 spiro atoms. The van der Waals surface area contributed by atoms with Gasteiger partial charge in [-0.2, -0.15) is 5.10 Å². The smallest absolute Gasteiger partial charge is 0.254 e. The molecule has 3 heterocycles. The second-order valence-corrected chi connectivity index (χ2v) is 6.80. The van der Waals surface area contributed by atoms with E-state index in [0.29, 0.717) is 5.56 Å². The van der Waals surface area contributed by atoms with Crippen molar-refractivity contribution in [2.45, 2.75) is 31.7 Å². The Morgan fingerprint density at radius 3 is 2.85 bits per heavy atom. The molecule has 0 saturated carbocycles. The van der Waals surface area contributed by atoms with E-state index in [1.165, 1.54) is 18.4 Å². The number of carbonyl (C=O) groups excluding carboxylic acids is 1. The maximum Gasteiger partial charge on any atom is 0.254 e. The largest absolute Gasteiger partial charge is 0.353 e. The van der Waals surface area contributed by atoms with Gasteiger partial charge in [0.1, 0.15) is 12.7 Å². The van der Waals surface area contributed by atoms with Crippen molar-refractivity contribution in [3.05, 3.63) is 66.5 Å². The second kappa shape index (κ2) is 7.15. The monoisotopic (exact) mass is 349 g/mol. The van der Waals surface area contributed by atoms with E-state index < -0.39 is 0 Å². The highest BCUT2D eigenvalue weighted by molar-refractivity contribution is 5.95. The van der Waals surface area contributed by atoms with Gasteiger partial charge in [-0.25, -0.2) is 9.67 Å². The second-order valence-electron chi connectivity index (χ2n) is 6.80. The third-order valence-electron chi connectivity index (χ3n) is 5.12. The minimum atomic E-state index is 0.0834. The third-order valence-corrected chi connectivity index (χ3v) is 5.12. The van der Waals surface area contributed by atoms with Gasteiger partial charge in [-0.3, -0.25) is 4.79 Å². The molecule has 26 heavy (non-hydrogen) atoms. The normalized spacial score (nSPS) is 17.9. The lowest BCUT2D eigenvalue weighted by Gasteiger charge is -2.31. The molecule has 0 aliphatic carbocycles. The lowest BCUT2D eigenvalue weighted by Crippen LogP contribution is -2.35. The van der Waals surface area contributed by atoms with Crippen molar-refractivity contribution in [2.75, 3.05) is 6.54 Å². The van der Waals surface area contributed by atoms with E-state index in [-0.39, 0.29) is 11.9 Å². The summed E-state index contributed by atoms with van der Waals surface area (Å²) in [6, 6.07) is 11.9. The summed E-state index contributed by atoms with van der Waals surface area (Å²) in [5.41, 5.74) is 2.74. The fourth-order valence-electron chi connectivity index (χ4n) is 3.77. The van der Waals surface area contributed by atoms with E-state index in [4.69, 9.17) is 0 Å². The van der Waals surface area contributed by atoms with E-state index in [1.807, 2.05) is 48.5 Å². The molecule has 6 nitrogen and oxygen atoms in total. The van der Waals surface area contributed by atoms with Crippen LogP contribution in [0.1, 0.15) is 47.8 Å². The average molecular weight is 349 g/mol. The number of carbonyl (C=O) groups is 1. The molecule has 4 rings (SSSR count). The van der Waals surface area contributed by atoms with Crippen LogP contribution < -0.4 is 0 Å². The fourth-order valence-corrected chi connectivity index (χ4v) is 3.77. The van der Waals surface area contributed by atoms with E-state index in [0.717, 1.165) is 31.5 Å². The first-order chi connectivity index (χ1) is 12.7. The Balaban J connectivity index is 1.67. The lowest BCUT2D eigenvalue weighted by atomic mass is 10.0. The van der Waals surface area contributed by atoms with Gasteiger partial charge in [0, 0.05) is 31.0 Å². The summed E-state index contributed by atoms with van der Waals surface area (Å²) in [4.78, 5) is 19.4. The molecule has 1 aliphatic heterocycles. The highest BCUT2D eigenvalue weighted by Crippen LogP contribution is 2.31. The Kier molecular flexibility index (Phi) is 4.56. The summed E-state index contributed by atoms with van der Waals surface area (Å²) in [6.45, 7) is 0.794. The molecule has 1 fully saturated rings. The van der Waals surface area contributed by atoms with Gasteiger partial charge in [0.2, 0.25) is 0 Å². The summed E-state index contributed by atoms with van der Waals surface area (Å²) < 4.78 is 3.80. The molecule has 1 amide bonds. The van der Waals surface area contributed by atoms with Crippen molar-refractivity contribution in [3.8, 4) is 5.69 Å². The van der Waals surface area contributed by atoms with E-state index in [2.05, 4.69) is 20.7 Å². The summed E-state index contributed by atoms with van der Waals surface area (Å²) in [7, 11) is 2.05. The van der Waals surface area contributed by atoms with Crippen LogP contribution in [0, 0.1) is 0 Å². The first-order valence-corrected chi connectivity index (χ1v) is 9.11. The topological polar surface area (TPSA) is 56.0 Å².